The Hall–Kier alpha value is -2.96. The Morgan fingerprint density at radius 2 is 1.67 bits per heavy atom. The standard InChI is InChI=1S/C23H18BrClN4O/c1-14-3-10-19(13-15(14)2)26-23(30)21-27-22(16-4-6-17(24)7-5-16)29(28-21)20-11-8-18(25)9-12-20/h3-13H,1-2H3,(H,26,30). The van der Waals surface area contributed by atoms with Gasteiger partial charge in [-0.1, -0.05) is 45.7 Å². The van der Waals surface area contributed by atoms with Crippen molar-refractivity contribution in [3.05, 3.63) is 93.2 Å². The van der Waals surface area contributed by atoms with Gasteiger partial charge in [0.1, 0.15) is 0 Å². The molecule has 1 amide bonds. The summed E-state index contributed by atoms with van der Waals surface area (Å²) in [4.78, 5) is 17.4. The van der Waals surface area contributed by atoms with Gasteiger partial charge in [-0.25, -0.2) is 9.67 Å². The number of amides is 1. The predicted molar refractivity (Wildman–Crippen MR) is 123 cm³/mol. The summed E-state index contributed by atoms with van der Waals surface area (Å²) in [5, 5.41) is 7.99. The summed E-state index contributed by atoms with van der Waals surface area (Å²) < 4.78 is 2.60. The zero-order chi connectivity index (χ0) is 21.3. The van der Waals surface area contributed by atoms with Crippen LogP contribution >= 0.6 is 27.5 Å². The number of nitrogens with zero attached hydrogens (tertiary/aromatic N) is 3. The minimum Gasteiger partial charge on any atom is -0.319 e. The normalized spacial score (nSPS) is 10.8. The summed E-state index contributed by atoms with van der Waals surface area (Å²) in [6.45, 7) is 4.03. The molecular weight excluding hydrogens is 464 g/mol. The molecule has 5 nitrogen and oxygen atoms in total. The maximum atomic E-state index is 12.9. The fraction of sp³-hybridized carbons (Fsp3) is 0.0870. The Kier molecular flexibility index (Phi) is 5.70. The highest BCUT2D eigenvalue weighted by Gasteiger charge is 2.19. The van der Waals surface area contributed by atoms with Crippen molar-refractivity contribution in [3.8, 4) is 17.1 Å². The Morgan fingerprint density at radius 3 is 2.33 bits per heavy atom. The molecule has 0 atom stereocenters. The monoisotopic (exact) mass is 480 g/mol. The number of rotatable bonds is 4. The van der Waals surface area contributed by atoms with E-state index >= 15 is 0 Å². The first-order valence-electron chi connectivity index (χ1n) is 9.28. The van der Waals surface area contributed by atoms with Gasteiger partial charge in [-0.2, -0.15) is 0 Å². The van der Waals surface area contributed by atoms with E-state index < -0.39 is 0 Å². The van der Waals surface area contributed by atoms with Crippen molar-refractivity contribution in [2.24, 2.45) is 0 Å². The van der Waals surface area contributed by atoms with Crippen LogP contribution in [0.4, 0.5) is 5.69 Å². The topological polar surface area (TPSA) is 59.8 Å². The van der Waals surface area contributed by atoms with Gasteiger partial charge in [-0.15, -0.1) is 5.10 Å². The number of hydrogen-bond acceptors (Lipinski definition) is 3. The lowest BCUT2D eigenvalue weighted by atomic mass is 10.1. The minimum atomic E-state index is -0.371. The van der Waals surface area contributed by atoms with Crippen molar-refractivity contribution < 1.29 is 4.79 Å². The molecular formula is C23H18BrClN4O. The molecule has 1 aromatic heterocycles. The van der Waals surface area contributed by atoms with Crippen LogP contribution in [0.5, 0.6) is 0 Å². The molecule has 7 heteroatoms. The molecule has 0 aliphatic heterocycles. The van der Waals surface area contributed by atoms with Gasteiger partial charge >= 0.3 is 0 Å². The molecule has 0 aliphatic carbocycles. The van der Waals surface area contributed by atoms with Gasteiger partial charge < -0.3 is 5.32 Å². The van der Waals surface area contributed by atoms with Gasteiger partial charge in [0.2, 0.25) is 5.82 Å². The second kappa shape index (κ2) is 8.42. The average Bonchev–Trinajstić information content (AvgIpc) is 3.17. The van der Waals surface area contributed by atoms with E-state index in [2.05, 4.69) is 31.3 Å². The van der Waals surface area contributed by atoms with E-state index in [1.165, 1.54) is 0 Å². The van der Waals surface area contributed by atoms with Crippen LogP contribution < -0.4 is 5.32 Å². The molecule has 150 valence electrons. The first-order valence-corrected chi connectivity index (χ1v) is 10.5. The summed E-state index contributed by atoms with van der Waals surface area (Å²) in [6, 6.07) is 20.7. The van der Waals surface area contributed by atoms with Crippen molar-refractivity contribution in [1.82, 2.24) is 14.8 Å². The maximum Gasteiger partial charge on any atom is 0.295 e. The number of carbonyl (C=O) groups is 1. The van der Waals surface area contributed by atoms with Crippen molar-refractivity contribution >= 4 is 39.1 Å². The van der Waals surface area contributed by atoms with Crippen molar-refractivity contribution in [1.29, 1.82) is 0 Å². The number of carbonyl (C=O) groups excluding carboxylic acids is 1. The van der Waals surface area contributed by atoms with Gasteiger partial charge in [0.15, 0.2) is 5.82 Å². The van der Waals surface area contributed by atoms with Crippen LogP contribution in [0.3, 0.4) is 0 Å². The largest absolute Gasteiger partial charge is 0.319 e. The number of nitrogens with one attached hydrogen (secondary N) is 1. The van der Waals surface area contributed by atoms with Crippen molar-refractivity contribution in [2.45, 2.75) is 13.8 Å². The van der Waals surface area contributed by atoms with E-state index in [1.807, 2.05) is 68.4 Å². The summed E-state index contributed by atoms with van der Waals surface area (Å²) in [7, 11) is 0. The summed E-state index contributed by atoms with van der Waals surface area (Å²) in [5.41, 5.74) is 4.57. The molecule has 0 radical (unpaired) electrons. The summed E-state index contributed by atoms with van der Waals surface area (Å²) in [6.07, 6.45) is 0. The molecule has 3 aromatic carbocycles. The molecule has 0 bridgehead atoms. The van der Waals surface area contributed by atoms with E-state index in [-0.39, 0.29) is 11.7 Å². The lowest BCUT2D eigenvalue weighted by Gasteiger charge is -2.06. The van der Waals surface area contributed by atoms with Gasteiger partial charge in [0.05, 0.1) is 5.69 Å². The van der Waals surface area contributed by atoms with Crippen LogP contribution in [0.1, 0.15) is 21.7 Å². The van der Waals surface area contributed by atoms with Crippen LogP contribution in [0.2, 0.25) is 5.02 Å². The van der Waals surface area contributed by atoms with Crippen molar-refractivity contribution in [3.63, 3.8) is 0 Å². The third kappa shape index (κ3) is 4.30. The van der Waals surface area contributed by atoms with E-state index in [4.69, 9.17) is 11.6 Å². The third-order valence-corrected chi connectivity index (χ3v) is 5.53. The smallest absolute Gasteiger partial charge is 0.295 e. The molecule has 0 spiro atoms. The molecule has 0 aliphatic rings. The minimum absolute atomic E-state index is 0.0843. The van der Waals surface area contributed by atoms with E-state index in [9.17, 15) is 4.79 Å². The molecule has 0 saturated heterocycles. The molecule has 0 fully saturated rings. The fourth-order valence-electron chi connectivity index (χ4n) is 2.96. The number of aromatic nitrogens is 3. The fourth-order valence-corrected chi connectivity index (χ4v) is 3.35. The number of aryl methyl sites for hydroxylation is 2. The van der Waals surface area contributed by atoms with Gasteiger partial charge in [-0.05, 0) is 73.5 Å². The highest BCUT2D eigenvalue weighted by atomic mass is 79.9. The SMILES string of the molecule is Cc1ccc(NC(=O)c2nc(-c3ccc(Br)cc3)n(-c3ccc(Cl)cc3)n2)cc1C. The second-order valence-corrected chi connectivity index (χ2v) is 8.26. The van der Waals surface area contributed by atoms with Crippen molar-refractivity contribution in [2.75, 3.05) is 5.32 Å². The quantitative estimate of drug-likeness (QED) is 0.376. The van der Waals surface area contributed by atoms with Gasteiger partial charge in [0, 0.05) is 20.7 Å². The molecule has 0 saturated carbocycles. The maximum absolute atomic E-state index is 12.9. The lowest BCUT2D eigenvalue weighted by Crippen LogP contribution is -2.14. The van der Waals surface area contributed by atoms with Crippen LogP contribution in [0.15, 0.2) is 71.2 Å². The molecule has 0 unspecified atom stereocenters. The Morgan fingerprint density at radius 1 is 0.967 bits per heavy atom. The van der Waals surface area contributed by atoms with Crippen LogP contribution in [0, 0.1) is 13.8 Å². The Labute approximate surface area is 187 Å². The second-order valence-electron chi connectivity index (χ2n) is 6.91. The summed E-state index contributed by atoms with van der Waals surface area (Å²) >= 11 is 9.47. The number of anilines is 1. The highest BCUT2D eigenvalue weighted by Crippen LogP contribution is 2.24. The molecule has 4 aromatic rings. The van der Waals surface area contributed by atoms with Gasteiger partial charge in [0.25, 0.3) is 5.91 Å². The first-order chi connectivity index (χ1) is 14.4. The van der Waals surface area contributed by atoms with E-state index in [0.29, 0.717) is 16.5 Å². The van der Waals surface area contributed by atoms with E-state index in [1.54, 1.807) is 16.8 Å². The number of hydrogen-bond donors (Lipinski definition) is 1. The Balaban J connectivity index is 1.74. The summed E-state index contributed by atoms with van der Waals surface area (Å²) in [5.74, 6) is 0.278. The highest BCUT2D eigenvalue weighted by molar-refractivity contribution is 9.10. The van der Waals surface area contributed by atoms with E-state index in [0.717, 1.165) is 26.9 Å². The number of benzene rings is 3. The number of halogens is 2. The zero-order valence-electron chi connectivity index (χ0n) is 16.4. The van der Waals surface area contributed by atoms with Crippen LogP contribution in [0.25, 0.3) is 17.1 Å². The molecule has 30 heavy (non-hydrogen) atoms. The van der Waals surface area contributed by atoms with Crippen LogP contribution in [-0.2, 0) is 0 Å². The van der Waals surface area contributed by atoms with Crippen LogP contribution in [-0.4, -0.2) is 20.7 Å². The van der Waals surface area contributed by atoms with Gasteiger partial charge in [-0.3, -0.25) is 4.79 Å². The lowest BCUT2D eigenvalue weighted by molar-refractivity contribution is 0.101. The molecule has 1 heterocycles. The zero-order valence-corrected chi connectivity index (χ0v) is 18.7. The molecule has 1 N–H and O–H groups in total. The predicted octanol–water partition coefficient (Wildman–Crippen LogP) is 6.22. The Bertz CT molecular complexity index is 1150. The average molecular weight is 482 g/mol. The first kappa shape index (κ1) is 20.3. The third-order valence-electron chi connectivity index (χ3n) is 4.75. The molecule has 4 rings (SSSR count).